The Morgan fingerprint density at radius 2 is 1.79 bits per heavy atom. The number of carbonyl (C=O) groups excluding carboxylic acids is 3. The molecule has 1 atom stereocenters. The predicted molar refractivity (Wildman–Crippen MR) is 108 cm³/mol. The molecule has 0 unspecified atom stereocenters. The highest BCUT2D eigenvalue weighted by atomic mass is 32.2. The van der Waals surface area contributed by atoms with Gasteiger partial charge in [-0.2, -0.15) is 0 Å². The Morgan fingerprint density at radius 3 is 2.43 bits per heavy atom. The van der Waals surface area contributed by atoms with Crippen LogP contribution in [0.15, 0.2) is 22.7 Å². The molecule has 28 heavy (non-hydrogen) atoms. The van der Waals surface area contributed by atoms with Crippen LogP contribution in [0.5, 0.6) is 0 Å². The molecule has 2 aromatic rings. The number of aromatic nitrogens is 1. The molecular weight excluding hydrogens is 380 g/mol. The van der Waals surface area contributed by atoms with Crippen LogP contribution in [-0.2, 0) is 14.3 Å². The molecule has 1 heterocycles. The maximum atomic E-state index is 12.3. The number of amides is 1. The summed E-state index contributed by atoms with van der Waals surface area (Å²) in [5.41, 5.74) is 3.53. The Bertz CT molecular complexity index is 891. The minimum absolute atomic E-state index is 0.0361. The topological polar surface area (TPSA) is 98.5 Å². The lowest BCUT2D eigenvalue weighted by molar-refractivity contribution is -0.139. The van der Waals surface area contributed by atoms with Crippen molar-refractivity contribution < 1.29 is 23.6 Å². The van der Waals surface area contributed by atoms with E-state index in [0.717, 1.165) is 28.5 Å². The number of anilines is 1. The van der Waals surface area contributed by atoms with Gasteiger partial charge in [-0.15, -0.1) is 11.8 Å². The number of esters is 1. The number of benzene rings is 1. The summed E-state index contributed by atoms with van der Waals surface area (Å²) < 4.78 is 9.95. The van der Waals surface area contributed by atoms with E-state index in [-0.39, 0.29) is 24.1 Å². The van der Waals surface area contributed by atoms with Crippen molar-refractivity contribution in [1.29, 1.82) is 0 Å². The second-order valence-corrected chi connectivity index (χ2v) is 7.93. The van der Waals surface area contributed by atoms with Crippen molar-refractivity contribution in [2.24, 2.45) is 0 Å². The van der Waals surface area contributed by atoms with E-state index in [0.29, 0.717) is 17.1 Å². The zero-order valence-corrected chi connectivity index (χ0v) is 17.4. The molecule has 0 spiro atoms. The third kappa shape index (κ3) is 5.95. The molecule has 0 bridgehead atoms. The highest BCUT2D eigenvalue weighted by molar-refractivity contribution is 8.01. The molecule has 1 aromatic heterocycles. The molecule has 0 saturated heterocycles. The van der Waals surface area contributed by atoms with Gasteiger partial charge in [0.15, 0.2) is 12.4 Å². The first-order valence-corrected chi connectivity index (χ1v) is 9.84. The van der Waals surface area contributed by atoms with Gasteiger partial charge in [0.1, 0.15) is 5.76 Å². The molecule has 0 aliphatic rings. The van der Waals surface area contributed by atoms with Crippen LogP contribution in [0.25, 0.3) is 0 Å². The van der Waals surface area contributed by atoms with E-state index in [1.54, 1.807) is 19.9 Å². The maximum Gasteiger partial charge on any atom is 0.316 e. The monoisotopic (exact) mass is 404 g/mol. The number of ether oxygens (including phenoxy) is 1. The number of carbonyl (C=O) groups is 3. The van der Waals surface area contributed by atoms with Crippen molar-refractivity contribution in [3.8, 4) is 0 Å². The molecule has 0 fully saturated rings. The highest BCUT2D eigenvalue weighted by Crippen LogP contribution is 2.17. The van der Waals surface area contributed by atoms with Crippen molar-refractivity contribution in [2.45, 2.75) is 39.9 Å². The van der Waals surface area contributed by atoms with E-state index >= 15 is 0 Å². The van der Waals surface area contributed by atoms with Gasteiger partial charge >= 0.3 is 5.97 Å². The van der Waals surface area contributed by atoms with E-state index in [9.17, 15) is 14.4 Å². The van der Waals surface area contributed by atoms with Crippen molar-refractivity contribution in [2.75, 3.05) is 17.7 Å². The maximum absolute atomic E-state index is 12.3. The molecule has 7 nitrogen and oxygen atoms in total. The fraction of sp³-hybridized carbons (Fsp3) is 0.400. The van der Waals surface area contributed by atoms with Crippen LogP contribution in [-0.4, -0.2) is 40.4 Å². The highest BCUT2D eigenvalue weighted by Gasteiger charge is 2.18. The van der Waals surface area contributed by atoms with Crippen LogP contribution in [0, 0.1) is 27.7 Å². The molecule has 0 aliphatic carbocycles. The Kier molecular flexibility index (Phi) is 7.39. The molecule has 1 N–H and O–H groups in total. The van der Waals surface area contributed by atoms with E-state index < -0.39 is 11.2 Å². The van der Waals surface area contributed by atoms with Gasteiger partial charge in [-0.1, -0.05) is 11.2 Å². The van der Waals surface area contributed by atoms with E-state index in [4.69, 9.17) is 9.26 Å². The lowest BCUT2D eigenvalue weighted by Gasteiger charge is -2.11. The standard InChI is InChI=1S/C20H24N2O5S/c1-11-6-13(3)16(7-12(11)2)17(23)9-26-19(24)10-28-15(5)20(25)21-18-8-14(4)27-22-18/h6-8,15H,9-10H2,1-5H3,(H,21,22,25)/t15-/m0/s1. The summed E-state index contributed by atoms with van der Waals surface area (Å²) in [5, 5.41) is 5.79. The summed E-state index contributed by atoms with van der Waals surface area (Å²) in [6, 6.07) is 5.36. The summed E-state index contributed by atoms with van der Waals surface area (Å²) in [7, 11) is 0. The van der Waals surface area contributed by atoms with Gasteiger partial charge in [-0.25, -0.2) is 0 Å². The number of hydrogen-bond acceptors (Lipinski definition) is 7. The van der Waals surface area contributed by atoms with E-state index in [1.807, 2.05) is 32.9 Å². The third-order valence-corrected chi connectivity index (χ3v) is 5.32. The van der Waals surface area contributed by atoms with Crippen molar-refractivity contribution >= 4 is 35.2 Å². The summed E-state index contributed by atoms with van der Waals surface area (Å²) >= 11 is 1.12. The molecule has 0 radical (unpaired) electrons. The van der Waals surface area contributed by atoms with Crippen LogP contribution in [0.2, 0.25) is 0 Å². The number of ketones is 1. The lowest BCUT2D eigenvalue weighted by Crippen LogP contribution is -2.24. The van der Waals surface area contributed by atoms with E-state index in [2.05, 4.69) is 10.5 Å². The zero-order chi connectivity index (χ0) is 20.8. The number of aryl methyl sites for hydroxylation is 4. The average Bonchev–Trinajstić information content (AvgIpc) is 3.05. The minimum atomic E-state index is -0.545. The largest absolute Gasteiger partial charge is 0.457 e. The smallest absolute Gasteiger partial charge is 0.316 e. The number of Topliss-reactive ketones (excluding diaryl/α,β-unsaturated/α-hetero) is 1. The molecule has 0 saturated carbocycles. The molecular formula is C20H24N2O5S. The SMILES string of the molecule is Cc1cc(NC(=O)[C@H](C)SCC(=O)OCC(=O)c2cc(C)c(C)cc2C)no1. The van der Waals surface area contributed by atoms with Gasteiger partial charge in [0.05, 0.1) is 11.0 Å². The summed E-state index contributed by atoms with van der Waals surface area (Å²) in [6.45, 7) is 8.84. The molecule has 0 aliphatic heterocycles. The summed E-state index contributed by atoms with van der Waals surface area (Å²) in [6.07, 6.45) is 0. The number of thioether (sulfide) groups is 1. The van der Waals surface area contributed by atoms with E-state index in [1.165, 1.54) is 0 Å². The fourth-order valence-corrected chi connectivity index (χ4v) is 3.13. The Labute approximate surface area is 168 Å². The second-order valence-electron chi connectivity index (χ2n) is 6.60. The Morgan fingerprint density at radius 1 is 1.11 bits per heavy atom. The van der Waals surface area contributed by atoms with Gasteiger partial charge in [0.2, 0.25) is 11.7 Å². The molecule has 1 amide bonds. The Balaban J connectivity index is 1.78. The number of nitrogens with one attached hydrogen (secondary N) is 1. The summed E-state index contributed by atoms with van der Waals surface area (Å²) in [5.74, 6) is -0.211. The van der Waals surface area contributed by atoms with Crippen molar-refractivity contribution in [1.82, 2.24) is 5.16 Å². The number of nitrogens with zero attached hydrogens (tertiary/aromatic N) is 1. The average molecular weight is 404 g/mol. The Hall–Kier alpha value is -2.61. The fourth-order valence-electron chi connectivity index (χ4n) is 2.45. The normalized spacial score (nSPS) is 11.8. The first-order valence-electron chi connectivity index (χ1n) is 8.80. The number of hydrogen-bond donors (Lipinski definition) is 1. The molecule has 2 rings (SSSR count). The van der Waals surface area contributed by atoms with Gasteiger partial charge in [0, 0.05) is 11.6 Å². The first kappa shape index (κ1) is 21.7. The first-order chi connectivity index (χ1) is 13.2. The zero-order valence-electron chi connectivity index (χ0n) is 16.6. The van der Waals surface area contributed by atoms with Gasteiger partial charge in [0.25, 0.3) is 0 Å². The number of rotatable bonds is 8. The minimum Gasteiger partial charge on any atom is -0.457 e. The third-order valence-electron chi connectivity index (χ3n) is 4.21. The predicted octanol–water partition coefficient (Wildman–Crippen LogP) is 3.39. The summed E-state index contributed by atoms with van der Waals surface area (Å²) in [4.78, 5) is 36.3. The van der Waals surface area contributed by atoms with Crippen LogP contribution in [0.1, 0.15) is 39.7 Å². The molecule has 8 heteroatoms. The van der Waals surface area contributed by atoms with Crippen LogP contribution in [0.4, 0.5) is 5.82 Å². The molecule has 1 aromatic carbocycles. The van der Waals surface area contributed by atoms with Crippen LogP contribution < -0.4 is 5.32 Å². The lowest BCUT2D eigenvalue weighted by atomic mass is 9.98. The van der Waals surface area contributed by atoms with Crippen LogP contribution in [0.3, 0.4) is 0 Å². The quantitative estimate of drug-likeness (QED) is 0.532. The van der Waals surface area contributed by atoms with Gasteiger partial charge < -0.3 is 14.6 Å². The van der Waals surface area contributed by atoms with Crippen LogP contribution >= 0.6 is 11.8 Å². The van der Waals surface area contributed by atoms with Gasteiger partial charge in [-0.3, -0.25) is 14.4 Å². The second kappa shape index (κ2) is 9.54. The molecule has 150 valence electrons. The van der Waals surface area contributed by atoms with Crippen molar-refractivity contribution in [3.05, 3.63) is 46.2 Å². The van der Waals surface area contributed by atoms with Crippen molar-refractivity contribution in [3.63, 3.8) is 0 Å². The van der Waals surface area contributed by atoms with Gasteiger partial charge in [-0.05, 0) is 57.4 Å².